The van der Waals surface area contributed by atoms with Gasteiger partial charge >= 0.3 is 6.03 Å². The molecule has 0 saturated carbocycles. The van der Waals surface area contributed by atoms with Gasteiger partial charge in [0.15, 0.2) is 0 Å². The van der Waals surface area contributed by atoms with E-state index in [1.807, 2.05) is 13.8 Å². The van der Waals surface area contributed by atoms with Gasteiger partial charge in [-0.25, -0.2) is 4.79 Å². The largest absolute Gasteiger partial charge is 0.392 e. The van der Waals surface area contributed by atoms with Crippen LogP contribution >= 0.6 is 11.6 Å². The van der Waals surface area contributed by atoms with E-state index in [4.69, 9.17) is 11.6 Å². The third kappa shape index (κ3) is 4.87. The number of urea groups is 1. The number of carbonyl (C=O) groups excluding carboxylic acids is 1. The number of hydrogen-bond acceptors (Lipinski definition) is 4. The van der Waals surface area contributed by atoms with Gasteiger partial charge in [-0.05, 0) is 32.9 Å². The predicted octanol–water partition coefficient (Wildman–Crippen LogP) is 2.87. The van der Waals surface area contributed by atoms with E-state index in [2.05, 4.69) is 5.32 Å². The molecule has 0 spiro atoms. The summed E-state index contributed by atoms with van der Waals surface area (Å²) in [6.45, 7) is 5.37. The molecule has 7 nitrogen and oxygen atoms in total. The average molecular weight is 316 g/mol. The van der Waals surface area contributed by atoms with Crippen molar-refractivity contribution in [3.8, 4) is 0 Å². The lowest BCUT2D eigenvalue weighted by Gasteiger charge is -2.28. The zero-order valence-corrected chi connectivity index (χ0v) is 12.8. The molecule has 1 atom stereocenters. The van der Waals surface area contributed by atoms with Gasteiger partial charge < -0.3 is 15.3 Å². The summed E-state index contributed by atoms with van der Waals surface area (Å²) in [5.41, 5.74) is -0.00608. The second-order valence-electron chi connectivity index (χ2n) is 4.95. The number of rotatable bonds is 5. The van der Waals surface area contributed by atoms with Crippen LogP contribution in [-0.2, 0) is 0 Å². The molecule has 0 fully saturated rings. The molecule has 0 aliphatic carbocycles. The van der Waals surface area contributed by atoms with E-state index in [0.717, 1.165) is 0 Å². The van der Waals surface area contributed by atoms with Gasteiger partial charge in [0.1, 0.15) is 5.02 Å². The zero-order valence-electron chi connectivity index (χ0n) is 12.0. The smallest absolute Gasteiger partial charge is 0.322 e. The molecule has 1 unspecified atom stereocenters. The van der Waals surface area contributed by atoms with E-state index in [-0.39, 0.29) is 29.0 Å². The second-order valence-corrected chi connectivity index (χ2v) is 5.36. The van der Waals surface area contributed by atoms with Crippen LogP contribution in [0, 0.1) is 10.1 Å². The van der Waals surface area contributed by atoms with E-state index in [1.54, 1.807) is 6.92 Å². The number of benzene rings is 1. The van der Waals surface area contributed by atoms with Crippen LogP contribution in [0.5, 0.6) is 0 Å². The number of aliphatic hydroxyl groups excluding tert-OH is 1. The number of nitrogens with one attached hydrogen (secondary N) is 1. The first-order chi connectivity index (χ1) is 9.72. The lowest BCUT2D eigenvalue weighted by Crippen LogP contribution is -2.43. The first kappa shape index (κ1) is 17.2. The Morgan fingerprint density at radius 3 is 2.57 bits per heavy atom. The number of nitro groups is 1. The van der Waals surface area contributed by atoms with Crippen LogP contribution in [0.3, 0.4) is 0 Å². The van der Waals surface area contributed by atoms with Crippen molar-refractivity contribution in [2.24, 2.45) is 0 Å². The Morgan fingerprint density at radius 1 is 1.48 bits per heavy atom. The van der Waals surface area contributed by atoms with E-state index >= 15 is 0 Å². The summed E-state index contributed by atoms with van der Waals surface area (Å²) in [5, 5.41) is 22.8. The average Bonchev–Trinajstić information content (AvgIpc) is 2.37. The van der Waals surface area contributed by atoms with Crippen LogP contribution < -0.4 is 5.32 Å². The highest BCUT2D eigenvalue weighted by Crippen LogP contribution is 2.27. The highest BCUT2D eigenvalue weighted by molar-refractivity contribution is 6.32. The molecule has 21 heavy (non-hydrogen) atoms. The Balaban J connectivity index is 2.91. The van der Waals surface area contributed by atoms with E-state index < -0.39 is 17.1 Å². The van der Waals surface area contributed by atoms with Crippen LogP contribution in [0.15, 0.2) is 18.2 Å². The van der Waals surface area contributed by atoms with Gasteiger partial charge in [-0.2, -0.15) is 0 Å². The van der Waals surface area contributed by atoms with Crippen molar-refractivity contribution in [3.05, 3.63) is 33.3 Å². The third-order valence-corrected chi connectivity index (χ3v) is 3.06. The number of amides is 2. The number of hydrogen-bond donors (Lipinski definition) is 2. The molecule has 0 aliphatic heterocycles. The summed E-state index contributed by atoms with van der Waals surface area (Å²) < 4.78 is 0. The summed E-state index contributed by atoms with van der Waals surface area (Å²) in [6.07, 6.45) is -0.669. The molecule has 0 radical (unpaired) electrons. The Labute approximate surface area is 127 Å². The number of aliphatic hydroxyl groups is 1. The minimum Gasteiger partial charge on any atom is -0.392 e. The fourth-order valence-electron chi connectivity index (χ4n) is 1.74. The van der Waals surface area contributed by atoms with E-state index in [1.165, 1.54) is 23.1 Å². The Hall–Kier alpha value is -1.86. The maximum Gasteiger partial charge on any atom is 0.322 e. The quantitative estimate of drug-likeness (QED) is 0.645. The van der Waals surface area contributed by atoms with Crippen LogP contribution in [0.2, 0.25) is 5.02 Å². The fourth-order valence-corrected chi connectivity index (χ4v) is 1.93. The monoisotopic (exact) mass is 315 g/mol. The van der Waals surface area contributed by atoms with Crippen molar-refractivity contribution >= 4 is 29.0 Å². The molecular formula is C13H18ClN3O4. The maximum absolute atomic E-state index is 12.2. The Kier molecular flexibility index (Phi) is 5.92. The van der Waals surface area contributed by atoms with E-state index in [9.17, 15) is 20.0 Å². The minimum atomic E-state index is -0.669. The molecular weight excluding hydrogens is 298 g/mol. The normalized spacial score (nSPS) is 12.1. The Bertz CT molecular complexity index is 534. The number of carbonyl (C=O) groups is 1. The molecule has 0 saturated heterocycles. The van der Waals surface area contributed by atoms with Crippen molar-refractivity contribution in [2.75, 3.05) is 11.9 Å². The van der Waals surface area contributed by atoms with Crippen molar-refractivity contribution in [3.63, 3.8) is 0 Å². The SMILES string of the molecule is CC(O)CN(C(=O)Nc1ccc(Cl)c([N+](=O)[O-])c1)C(C)C. The Morgan fingerprint density at radius 2 is 2.10 bits per heavy atom. The minimum absolute atomic E-state index is 0.00250. The van der Waals surface area contributed by atoms with Gasteiger partial charge in [-0.3, -0.25) is 10.1 Å². The van der Waals surface area contributed by atoms with Gasteiger partial charge in [0, 0.05) is 24.3 Å². The van der Waals surface area contributed by atoms with Crippen molar-refractivity contribution in [1.82, 2.24) is 4.90 Å². The molecule has 2 amide bonds. The van der Waals surface area contributed by atoms with Crippen LogP contribution in [0.4, 0.5) is 16.2 Å². The number of nitrogens with zero attached hydrogens (tertiary/aromatic N) is 2. The molecule has 0 bridgehead atoms. The first-order valence-corrected chi connectivity index (χ1v) is 6.79. The summed E-state index contributed by atoms with van der Waals surface area (Å²) in [6, 6.07) is 3.46. The van der Waals surface area contributed by atoms with Crippen LogP contribution in [0.1, 0.15) is 20.8 Å². The standard InChI is InChI=1S/C13H18ClN3O4/c1-8(2)16(7-9(3)18)13(19)15-10-4-5-11(14)12(6-10)17(20)21/h4-6,8-9,18H,7H2,1-3H3,(H,15,19). The molecule has 0 aliphatic rings. The van der Waals surface area contributed by atoms with Gasteiger partial charge in [0.2, 0.25) is 0 Å². The molecule has 1 rings (SSSR count). The van der Waals surface area contributed by atoms with Crippen molar-refractivity contribution < 1.29 is 14.8 Å². The summed E-state index contributed by atoms with van der Waals surface area (Å²) in [4.78, 5) is 23.8. The highest BCUT2D eigenvalue weighted by Gasteiger charge is 2.20. The molecule has 2 N–H and O–H groups in total. The topological polar surface area (TPSA) is 95.7 Å². The maximum atomic E-state index is 12.2. The summed E-state index contributed by atoms with van der Waals surface area (Å²) in [5.74, 6) is 0. The molecule has 116 valence electrons. The molecule has 1 aromatic rings. The number of halogens is 1. The zero-order chi connectivity index (χ0) is 16.2. The lowest BCUT2D eigenvalue weighted by atomic mass is 10.2. The molecule has 8 heteroatoms. The van der Waals surface area contributed by atoms with Crippen LogP contribution in [0.25, 0.3) is 0 Å². The van der Waals surface area contributed by atoms with E-state index in [0.29, 0.717) is 0 Å². The van der Waals surface area contributed by atoms with Crippen LogP contribution in [-0.4, -0.2) is 39.7 Å². The third-order valence-electron chi connectivity index (χ3n) is 2.74. The van der Waals surface area contributed by atoms with Gasteiger partial charge in [-0.1, -0.05) is 11.6 Å². The molecule has 0 heterocycles. The molecule has 0 aromatic heterocycles. The van der Waals surface area contributed by atoms with Gasteiger partial charge in [0.05, 0.1) is 11.0 Å². The number of anilines is 1. The highest BCUT2D eigenvalue weighted by atomic mass is 35.5. The first-order valence-electron chi connectivity index (χ1n) is 6.42. The summed E-state index contributed by atoms with van der Waals surface area (Å²) >= 11 is 5.71. The molecule has 1 aromatic carbocycles. The lowest BCUT2D eigenvalue weighted by molar-refractivity contribution is -0.384. The van der Waals surface area contributed by atoms with Gasteiger partial charge in [0.25, 0.3) is 5.69 Å². The predicted molar refractivity (Wildman–Crippen MR) is 80.6 cm³/mol. The van der Waals surface area contributed by atoms with Crippen molar-refractivity contribution in [2.45, 2.75) is 32.9 Å². The van der Waals surface area contributed by atoms with Gasteiger partial charge in [-0.15, -0.1) is 0 Å². The second kappa shape index (κ2) is 7.24. The fraction of sp³-hybridized carbons (Fsp3) is 0.462. The van der Waals surface area contributed by atoms with Crippen molar-refractivity contribution in [1.29, 1.82) is 0 Å². The summed E-state index contributed by atoms with van der Waals surface area (Å²) in [7, 11) is 0. The number of nitro benzene ring substituents is 1.